The summed E-state index contributed by atoms with van der Waals surface area (Å²) in [6, 6.07) is 6.19. The number of benzene rings is 1. The highest BCUT2D eigenvalue weighted by Gasteiger charge is 2.17. The Hall–Kier alpha value is -1.15. The molecule has 15 heavy (non-hydrogen) atoms. The van der Waals surface area contributed by atoms with E-state index in [0.29, 0.717) is 5.92 Å². The molecule has 1 aromatic rings. The second-order valence-electron chi connectivity index (χ2n) is 4.29. The monoisotopic (exact) mass is 203 g/mol. The van der Waals surface area contributed by atoms with Crippen LogP contribution in [0.25, 0.3) is 0 Å². The second-order valence-corrected chi connectivity index (χ2v) is 4.29. The van der Waals surface area contributed by atoms with Crippen molar-refractivity contribution in [3.63, 3.8) is 0 Å². The SMILES string of the molecule is Cc1ccc(C2CCCNC2)c(C=O)c1. The lowest BCUT2D eigenvalue weighted by Crippen LogP contribution is -2.28. The summed E-state index contributed by atoms with van der Waals surface area (Å²) in [5.74, 6) is 0.513. The first-order chi connectivity index (χ1) is 7.31. The van der Waals surface area contributed by atoms with Crippen molar-refractivity contribution in [3.05, 3.63) is 34.9 Å². The molecule has 2 nitrogen and oxygen atoms in total. The maximum Gasteiger partial charge on any atom is 0.150 e. The van der Waals surface area contributed by atoms with E-state index in [-0.39, 0.29) is 0 Å². The van der Waals surface area contributed by atoms with Gasteiger partial charge in [-0.2, -0.15) is 0 Å². The van der Waals surface area contributed by atoms with Crippen LogP contribution in [0.3, 0.4) is 0 Å². The van der Waals surface area contributed by atoms with E-state index >= 15 is 0 Å². The molecule has 1 aromatic carbocycles. The van der Waals surface area contributed by atoms with Gasteiger partial charge in [0.1, 0.15) is 6.29 Å². The van der Waals surface area contributed by atoms with Crippen LogP contribution in [0.1, 0.15) is 40.2 Å². The maximum atomic E-state index is 11.0. The van der Waals surface area contributed by atoms with Gasteiger partial charge in [-0.1, -0.05) is 17.7 Å². The van der Waals surface area contributed by atoms with Crippen LogP contribution in [-0.2, 0) is 0 Å². The number of carbonyl (C=O) groups is 1. The van der Waals surface area contributed by atoms with E-state index in [1.807, 2.05) is 13.0 Å². The van der Waals surface area contributed by atoms with Crippen LogP contribution in [0.2, 0.25) is 0 Å². The highest BCUT2D eigenvalue weighted by Crippen LogP contribution is 2.26. The zero-order chi connectivity index (χ0) is 10.7. The van der Waals surface area contributed by atoms with Crippen LogP contribution in [-0.4, -0.2) is 19.4 Å². The molecule has 1 heterocycles. The third kappa shape index (κ3) is 2.26. The van der Waals surface area contributed by atoms with Crippen LogP contribution in [0.5, 0.6) is 0 Å². The molecule has 1 fully saturated rings. The molecule has 0 aromatic heterocycles. The summed E-state index contributed by atoms with van der Waals surface area (Å²) < 4.78 is 0. The fourth-order valence-corrected chi connectivity index (χ4v) is 2.29. The van der Waals surface area contributed by atoms with Crippen LogP contribution in [0.4, 0.5) is 0 Å². The number of hydrogen-bond acceptors (Lipinski definition) is 2. The van der Waals surface area contributed by atoms with Gasteiger partial charge in [0.25, 0.3) is 0 Å². The average Bonchev–Trinajstić information content (AvgIpc) is 2.30. The predicted molar refractivity (Wildman–Crippen MR) is 61.4 cm³/mol. The molecule has 1 aliphatic heterocycles. The third-order valence-electron chi connectivity index (χ3n) is 3.11. The summed E-state index contributed by atoms with van der Waals surface area (Å²) in [7, 11) is 0. The van der Waals surface area contributed by atoms with Crippen molar-refractivity contribution in [1.82, 2.24) is 5.32 Å². The highest BCUT2D eigenvalue weighted by atomic mass is 16.1. The normalized spacial score (nSPS) is 21.3. The van der Waals surface area contributed by atoms with Gasteiger partial charge in [-0.15, -0.1) is 0 Å². The van der Waals surface area contributed by atoms with Crippen molar-refractivity contribution in [2.24, 2.45) is 0 Å². The number of piperidine rings is 1. The minimum Gasteiger partial charge on any atom is -0.316 e. The molecule has 0 saturated carbocycles. The number of nitrogens with one attached hydrogen (secondary N) is 1. The first-order valence-corrected chi connectivity index (χ1v) is 5.57. The molecular weight excluding hydrogens is 186 g/mol. The molecule has 2 rings (SSSR count). The van der Waals surface area contributed by atoms with E-state index in [9.17, 15) is 4.79 Å². The van der Waals surface area contributed by atoms with E-state index in [4.69, 9.17) is 0 Å². The van der Waals surface area contributed by atoms with Gasteiger partial charge in [-0.05, 0) is 43.9 Å². The molecule has 0 aliphatic carbocycles. The molecule has 0 amide bonds. The number of rotatable bonds is 2. The van der Waals surface area contributed by atoms with Gasteiger partial charge in [-0.25, -0.2) is 0 Å². The summed E-state index contributed by atoms with van der Waals surface area (Å²) in [5, 5.41) is 3.38. The van der Waals surface area contributed by atoms with E-state index in [1.54, 1.807) is 0 Å². The quantitative estimate of drug-likeness (QED) is 0.747. The van der Waals surface area contributed by atoms with Crippen LogP contribution >= 0.6 is 0 Å². The zero-order valence-corrected chi connectivity index (χ0v) is 9.12. The molecular formula is C13H17NO. The Balaban J connectivity index is 2.29. The number of aryl methyl sites for hydroxylation is 1. The van der Waals surface area contributed by atoms with Crippen LogP contribution < -0.4 is 5.32 Å². The van der Waals surface area contributed by atoms with Crippen LogP contribution in [0.15, 0.2) is 18.2 Å². The summed E-state index contributed by atoms with van der Waals surface area (Å²) in [6.45, 7) is 4.14. The molecule has 1 atom stereocenters. The Morgan fingerprint density at radius 3 is 3.00 bits per heavy atom. The Bertz CT molecular complexity index is 354. The minimum atomic E-state index is 0.513. The average molecular weight is 203 g/mol. The van der Waals surface area contributed by atoms with E-state index in [0.717, 1.165) is 30.5 Å². The lowest BCUT2D eigenvalue weighted by atomic mass is 9.88. The molecule has 2 heteroatoms. The Morgan fingerprint density at radius 1 is 1.47 bits per heavy atom. The van der Waals surface area contributed by atoms with Gasteiger partial charge < -0.3 is 5.32 Å². The first kappa shape index (κ1) is 10.4. The molecule has 0 radical (unpaired) electrons. The zero-order valence-electron chi connectivity index (χ0n) is 9.12. The molecule has 1 saturated heterocycles. The van der Waals surface area contributed by atoms with Gasteiger partial charge in [0, 0.05) is 12.1 Å². The summed E-state index contributed by atoms with van der Waals surface area (Å²) >= 11 is 0. The number of hydrogen-bond donors (Lipinski definition) is 1. The Labute approximate surface area is 90.7 Å². The van der Waals surface area contributed by atoms with Gasteiger partial charge in [0.15, 0.2) is 0 Å². The van der Waals surface area contributed by atoms with Crippen molar-refractivity contribution >= 4 is 6.29 Å². The third-order valence-corrected chi connectivity index (χ3v) is 3.11. The summed E-state index contributed by atoms with van der Waals surface area (Å²) in [6.07, 6.45) is 3.38. The van der Waals surface area contributed by atoms with Gasteiger partial charge in [0.2, 0.25) is 0 Å². The van der Waals surface area contributed by atoms with E-state index < -0.39 is 0 Å². The highest BCUT2D eigenvalue weighted by molar-refractivity contribution is 5.78. The topological polar surface area (TPSA) is 29.1 Å². The second kappa shape index (κ2) is 4.58. The summed E-state index contributed by atoms with van der Waals surface area (Å²) in [4.78, 5) is 11.0. The standard InChI is InChI=1S/C13H17NO/c1-10-4-5-13(12(7-10)9-15)11-3-2-6-14-8-11/h4-5,7,9,11,14H,2-3,6,8H2,1H3. The lowest BCUT2D eigenvalue weighted by Gasteiger charge is -2.24. The fraction of sp³-hybridized carbons (Fsp3) is 0.462. The molecule has 0 bridgehead atoms. The predicted octanol–water partition coefficient (Wildman–Crippen LogP) is 2.27. The van der Waals surface area contributed by atoms with Gasteiger partial charge >= 0.3 is 0 Å². The van der Waals surface area contributed by atoms with E-state index in [1.165, 1.54) is 18.4 Å². The van der Waals surface area contributed by atoms with Crippen molar-refractivity contribution in [2.75, 3.05) is 13.1 Å². The smallest absolute Gasteiger partial charge is 0.150 e. The fourth-order valence-electron chi connectivity index (χ4n) is 2.29. The maximum absolute atomic E-state index is 11.0. The molecule has 0 spiro atoms. The van der Waals surface area contributed by atoms with Crippen molar-refractivity contribution < 1.29 is 4.79 Å². The van der Waals surface area contributed by atoms with Crippen molar-refractivity contribution in [2.45, 2.75) is 25.7 Å². The van der Waals surface area contributed by atoms with Gasteiger partial charge in [-0.3, -0.25) is 4.79 Å². The van der Waals surface area contributed by atoms with Gasteiger partial charge in [0.05, 0.1) is 0 Å². The molecule has 1 N–H and O–H groups in total. The largest absolute Gasteiger partial charge is 0.316 e. The van der Waals surface area contributed by atoms with Crippen molar-refractivity contribution in [3.8, 4) is 0 Å². The van der Waals surface area contributed by atoms with Crippen LogP contribution in [0, 0.1) is 6.92 Å². The Morgan fingerprint density at radius 2 is 2.33 bits per heavy atom. The van der Waals surface area contributed by atoms with E-state index in [2.05, 4.69) is 17.4 Å². The minimum absolute atomic E-state index is 0.513. The summed E-state index contributed by atoms with van der Waals surface area (Å²) in [5.41, 5.74) is 3.23. The molecule has 80 valence electrons. The number of aldehydes is 1. The Kier molecular flexibility index (Phi) is 3.17. The first-order valence-electron chi connectivity index (χ1n) is 5.57. The lowest BCUT2D eigenvalue weighted by molar-refractivity contribution is 0.112. The van der Waals surface area contributed by atoms with Crippen molar-refractivity contribution in [1.29, 1.82) is 0 Å². The molecule has 1 unspecified atom stereocenters. The number of carbonyl (C=O) groups excluding carboxylic acids is 1. The molecule has 1 aliphatic rings.